The number of aryl methyl sites for hydroxylation is 1. The van der Waals surface area contributed by atoms with Crippen molar-refractivity contribution < 1.29 is 9.47 Å². The molecule has 27 heavy (non-hydrogen) atoms. The van der Waals surface area contributed by atoms with E-state index in [2.05, 4.69) is 52.2 Å². The molecule has 0 amide bonds. The summed E-state index contributed by atoms with van der Waals surface area (Å²) in [7, 11) is 3.55. The topological polar surface area (TPSA) is 49.3 Å². The molecule has 0 saturated carbocycles. The van der Waals surface area contributed by atoms with E-state index in [9.17, 15) is 0 Å². The summed E-state index contributed by atoms with van der Waals surface area (Å²) in [5, 5.41) is 3.45. The van der Waals surface area contributed by atoms with Crippen molar-refractivity contribution in [3.8, 4) is 0 Å². The minimum Gasteiger partial charge on any atom is -0.382 e. The number of benzene rings is 1. The van der Waals surface area contributed by atoms with Crippen LogP contribution in [0.5, 0.6) is 0 Å². The van der Waals surface area contributed by atoms with Gasteiger partial charge in [0.2, 0.25) is 0 Å². The van der Waals surface area contributed by atoms with E-state index in [1.807, 2.05) is 7.05 Å². The van der Waals surface area contributed by atoms with Crippen LogP contribution in [0.15, 0.2) is 23.2 Å². The molecule has 2 rings (SSSR count). The summed E-state index contributed by atoms with van der Waals surface area (Å²) in [5.74, 6) is 0.988. The van der Waals surface area contributed by atoms with Crippen LogP contribution in [0.25, 0.3) is 0 Å². The molecule has 6 nitrogen and oxygen atoms in total. The number of ether oxygens (including phenoxy) is 2. The van der Waals surface area contributed by atoms with E-state index >= 15 is 0 Å². The Bertz CT molecular complexity index is 575. The minimum atomic E-state index is 0. The Morgan fingerprint density at radius 1 is 1.11 bits per heavy atom. The van der Waals surface area contributed by atoms with Crippen molar-refractivity contribution >= 4 is 35.6 Å². The molecule has 0 aliphatic carbocycles. The molecule has 1 heterocycles. The number of rotatable bonds is 8. The van der Waals surface area contributed by atoms with Gasteiger partial charge in [-0.2, -0.15) is 0 Å². The van der Waals surface area contributed by atoms with Crippen molar-refractivity contribution in [3.63, 3.8) is 0 Å². The second kappa shape index (κ2) is 13.2. The van der Waals surface area contributed by atoms with E-state index in [0.29, 0.717) is 13.2 Å². The number of hydrogen-bond donors (Lipinski definition) is 1. The highest BCUT2D eigenvalue weighted by atomic mass is 127. The van der Waals surface area contributed by atoms with Gasteiger partial charge in [-0.25, -0.2) is 0 Å². The van der Waals surface area contributed by atoms with Crippen LogP contribution in [-0.4, -0.2) is 77.6 Å². The lowest BCUT2D eigenvalue weighted by Crippen LogP contribution is -2.52. The summed E-state index contributed by atoms with van der Waals surface area (Å²) in [6.45, 7) is 11.3. The van der Waals surface area contributed by atoms with Crippen LogP contribution < -0.4 is 10.2 Å². The zero-order valence-electron chi connectivity index (χ0n) is 17.2. The number of nitrogens with one attached hydrogen (secondary N) is 1. The van der Waals surface area contributed by atoms with E-state index in [4.69, 9.17) is 9.47 Å². The van der Waals surface area contributed by atoms with Crippen molar-refractivity contribution in [2.75, 3.05) is 71.6 Å². The molecule has 1 aromatic carbocycles. The summed E-state index contributed by atoms with van der Waals surface area (Å²) >= 11 is 0. The van der Waals surface area contributed by atoms with E-state index < -0.39 is 0 Å². The van der Waals surface area contributed by atoms with E-state index in [1.165, 1.54) is 16.8 Å². The maximum Gasteiger partial charge on any atom is 0.193 e. The normalized spacial score (nSPS) is 14.9. The largest absolute Gasteiger partial charge is 0.382 e. The molecular formula is C20H35IN4O2. The van der Waals surface area contributed by atoms with Crippen molar-refractivity contribution in [3.05, 3.63) is 29.3 Å². The number of halogens is 1. The maximum absolute atomic E-state index is 5.49. The molecule has 1 fully saturated rings. The number of hydrogen-bond acceptors (Lipinski definition) is 4. The molecule has 0 aromatic heterocycles. The first-order valence-corrected chi connectivity index (χ1v) is 9.50. The summed E-state index contributed by atoms with van der Waals surface area (Å²) in [6, 6.07) is 6.56. The average molecular weight is 490 g/mol. The summed E-state index contributed by atoms with van der Waals surface area (Å²) in [6.07, 6.45) is 0.963. The lowest BCUT2D eigenvalue weighted by molar-refractivity contribution is 0.0698. The highest BCUT2D eigenvalue weighted by molar-refractivity contribution is 14.0. The molecule has 1 saturated heterocycles. The van der Waals surface area contributed by atoms with Gasteiger partial charge in [0.05, 0.1) is 13.2 Å². The average Bonchev–Trinajstić information content (AvgIpc) is 2.67. The molecule has 154 valence electrons. The van der Waals surface area contributed by atoms with Crippen LogP contribution in [0, 0.1) is 13.8 Å². The van der Waals surface area contributed by atoms with Crippen LogP contribution in [0.1, 0.15) is 17.5 Å². The molecule has 0 radical (unpaired) electrons. The fourth-order valence-electron chi connectivity index (χ4n) is 3.19. The zero-order chi connectivity index (χ0) is 18.8. The maximum atomic E-state index is 5.49. The smallest absolute Gasteiger partial charge is 0.193 e. The first kappa shape index (κ1) is 24.0. The number of aliphatic imine (C=N–C) groups is 1. The van der Waals surface area contributed by atoms with Gasteiger partial charge in [0.1, 0.15) is 0 Å². The highest BCUT2D eigenvalue weighted by Gasteiger charge is 2.20. The lowest BCUT2D eigenvalue weighted by Gasteiger charge is -2.38. The van der Waals surface area contributed by atoms with Crippen LogP contribution >= 0.6 is 24.0 Å². The zero-order valence-corrected chi connectivity index (χ0v) is 19.5. The Hall–Kier alpha value is -1.06. The molecule has 1 N–H and O–H groups in total. The van der Waals surface area contributed by atoms with Gasteiger partial charge in [-0.3, -0.25) is 4.99 Å². The first-order chi connectivity index (χ1) is 12.7. The molecule has 0 spiro atoms. The number of nitrogens with zero attached hydrogens (tertiary/aromatic N) is 3. The molecular weight excluding hydrogens is 455 g/mol. The molecule has 1 aromatic rings. The predicted octanol–water partition coefficient (Wildman–Crippen LogP) is 2.67. The standard InChI is InChI=1S/C20H34N4O2.HI/c1-17-7-5-8-19(18(17)2)23-10-12-24(13-11-23)20(21-3)22-9-6-14-26-16-15-25-4;/h5,7-8H,6,9-16H2,1-4H3,(H,21,22);1H. The van der Waals surface area contributed by atoms with Gasteiger partial charge in [0.15, 0.2) is 5.96 Å². The Morgan fingerprint density at radius 3 is 2.52 bits per heavy atom. The van der Waals surface area contributed by atoms with E-state index in [0.717, 1.165) is 51.7 Å². The monoisotopic (exact) mass is 490 g/mol. The third kappa shape index (κ3) is 7.46. The molecule has 0 atom stereocenters. The van der Waals surface area contributed by atoms with Gasteiger partial charge in [-0.15, -0.1) is 24.0 Å². The predicted molar refractivity (Wildman–Crippen MR) is 124 cm³/mol. The van der Waals surface area contributed by atoms with Crippen molar-refractivity contribution in [1.82, 2.24) is 10.2 Å². The second-order valence-electron chi connectivity index (χ2n) is 6.63. The van der Waals surface area contributed by atoms with Gasteiger partial charge in [-0.1, -0.05) is 12.1 Å². The Kier molecular flexibility index (Phi) is 11.7. The van der Waals surface area contributed by atoms with Gasteiger partial charge < -0.3 is 24.6 Å². The molecule has 7 heteroatoms. The third-order valence-corrected chi connectivity index (χ3v) is 4.89. The molecule has 0 unspecified atom stereocenters. The number of methoxy groups -OCH3 is 1. The van der Waals surface area contributed by atoms with Crippen molar-refractivity contribution in [1.29, 1.82) is 0 Å². The lowest BCUT2D eigenvalue weighted by atomic mass is 10.1. The summed E-state index contributed by atoms with van der Waals surface area (Å²) in [4.78, 5) is 9.26. The minimum absolute atomic E-state index is 0. The highest BCUT2D eigenvalue weighted by Crippen LogP contribution is 2.23. The van der Waals surface area contributed by atoms with Crippen LogP contribution in [0.2, 0.25) is 0 Å². The van der Waals surface area contributed by atoms with Crippen LogP contribution in [0.3, 0.4) is 0 Å². The van der Waals surface area contributed by atoms with Crippen molar-refractivity contribution in [2.45, 2.75) is 20.3 Å². The number of piperazine rings is 1. The SMILES string of the molecule is CN=C(NCCCOCCOC)N1CCN(c2cccc(C)c2C)CC1.I. The summed E-state index contributed by atoms with van der Waals surface area (Å²) < 4.78 is 10.5. The Morgan fingerprint density at radius 2 is 1.85 bits per heavy atom. The van der Waals surface area contributed by atoms with Crippen LogP contribution in [-0.2, 0) is 9.47 Å². The fraction of sp³-hybridized carbons (Fsp3) is 0.650. The first-order valence-electron chi connectivity index (χ1n) is 9.50. The quantitative estimate of drug-likeness (QED) is 0.263. The summed E-state index contributed by atoms with van der Waals surface area (Å²) in [5.41, 5.74) is 4.10. The Balaban J connectivity index is 0.00000364. The van der Waals surface area contributed by atoms with E-state index in [1.54, 1.807) is 7.11 Å². The molecule has 1 aliphatic rings. The number of guanidine groups is 1. The molecule has 1 aliphatic heterocycles. The Labute approximate surface area is 181 Å². The van der Waals surface area contributed by atoms with Crippen molar-refractivity contribution in [2.24, 2.45) is 4.99 Å². The van der Waals surface area contributed by atoms with Gasteiger partial charge in [-0.05, 0) is 37.5 Å². The fourth-order valence-corrected chi connectivity index (χ4v) is 3.19. The van der Waals surface area contributed by atoms with Crippen LogP contribution in [0.4, 0.5) is 5.69 Å². The van der Waals surface area contributed by atoms with Gasteiger partial charge in [0.25, 0.3) is 0 Å². The second-order valence-corrected chi connectivity index (χ2v) is 6.63. The molecule has 0 bridgehead atoms. The number of anilines is 1. The van der Waals surface area contributed by atoms with E-state index in [-0.39, 0.29) is 24.0 Å². The van der Waals surface area contributed by atoms with Gasteiger partial charge in [0, 0.05) is 59.2 Å². The van der Waals surface area contributed by atoms with Gasteiger partial charge >= 0.3 is 0 Å². The third-order valence-electron chi connectivity index (χ3n) is 4.89.